The van der Waals surface area contributed by atoms with E-state index in [1.54, 1.807) is 20.3 Å². The van der Waals surface area contributed by atoms with Gasteiger partial charge in [0, 0.05) is 23.6 Å². The largest absolute Gasteiger partial charge is 0.493 e. The first-order chi connectivity index (χ1) is 22.6. The first-order valence-electron chi connectivity index (χ1n) is 15.6. The SMILES string of the molecule is COc1ccc2c(c1OC)OC1c3cc4c(cc3OC3(CCCCC3)C21)OC1OC(COC(=O)CC(=O)O)C(O)(CC#C4)C(O)C1O. The Hall–Kier alpha value is -4.22. The predicted molar refractivity (Wildman–Crippen MR) is 160 cm³/mol. The summed E-state index contributed by atoms with van der Waals surface area (Å²) in [6.45, 7) is -0.605. The van der Waals surface area contributed by atoms with E-state index in [-0.39, 0.29) is 18.1 Å². The Balaban J connectivity index is 1.28. The minimum atomic E-state index is -2.17. The molecule has 4 N–H and O–H groups in total. The molecule has 47 heavy (non-hydrogen) atoms. The zero-order valence-electron chi connectivity index (χ0n) is 25.9. The van der Waals surface area contributed by atoms with Crippen LogP contribution in [0.2, 0.25) is 0 Å². The van der Waals surface area contributed by atoms with Crippen molar-refractivity contribution in [2.45, 2.75) is 92.8 Å². The Kier molecular flexibility index (Phi) is 7.87. The molecule has 5 heterocycles. The molecule has 250 valence electrons. The average Bonchev–Trinajstić information content (AvgIpc) is 3.45. The van der Waals surface area contributed by atoms with Crippen LogP contribution in [0.3, 0.4) is 0 Å². The van der Waals surface area contributed by atoms with Gasteiger partial charge in [0.1, 0.15) is 60.1 Å². The van der Waals surface area contributed by atoms with Crippen LogP contribution in [-0.2, 0) is 19.1 Å². The van der Waals surface area contributed by atoms with E-state index in [0.29, 0.717) is 28.6 Å². The number of carboxylic acid groups (broad SMARTS) is 1. The quantitative estimate of drug-likeness (QED) is 0.203. The van der Waals surface area contributed by atoms with Crippen LogP contribution in [0.4, 0.5) is 0 Å². The number of carboxylic acids is 1. The molecular weight excluding hydrogens is 616 g/mol. The first kappa shape index (κ1) is 31.4. The van der Waals surface area contributed by atoms with Gasteiger partial charge in [0.2, 0.25) is 12.0 Å². The molecule has 1 saturated heterocycles. The van der Waals surface area contributed by atoms with Crippen LogP contribution in [0, 0.1) is 11.8 Å². The van der Waals surface area contributed by atoms with Gasteiger partial charge >= 0.3 is 11.9 Å². The Bertz CT molecular complexity index is 1650. The number of hydrogen-bond donors (Lipinski definition) is 4. The van der Waals surface area contributed by atoms with Crippen molar-refractivity contribution in [2.75, 3.05) is 20.8 Å². The number of carbonyl (C=O) groups excluding carboxylic acids is 1. The summed E-state index contributed by atoms with van der Waals surface area (Å²) in [5, 5.41) is 42.3. The van der Waals surface area contributed by atoms with Gasteiger partial charge in [0.05, 0.1) is 25.7 Å². The summed E-state index contributed by atoms with van der Waals surface area (Å²) in [5.74, 6) is 5.70. The lowest BCUT2D eigenvalue weighted by Crippen LogP contribution is -2.68. The lowest BCUT2D eigenvalue weighted by atomic mass is 9.68. The van der Waals surface area contributed by atoms with E-state index in [9.17, 15) is 24.9 Å². The number of esters is 1. The van der Waals surface area contributed by atoms with Gasteiger partial charge in [-0.25, -0.2) is 0 Å². The molecule has 8 rings (SSSR count). The van der Waals surface area contributed by atoms with Crippen molar-refractivity contribution < 1.29 is 63.2 Å². The van der Waals surface area contributed by atoms with Gasteiger partial charge < -0.3 is 53.6 Å². The molecule has 2 aromatic rings. The minimum Gasteiger partial charge on any atom is -0.493 e. The zero-order chi connectivity index (χ0) is 33.1. The molecule has 2 aromatic carbocycles. The third kappa shape index (κ3) is 5.11. The maximum absolute atomic E-state index is 11.9. The molecule has 7 unspecified atom stereocenters. The third-order valence-electron chi connectivity index (χ3n) is 9.91. The molecule has 0 amide bonds. The van der Waals surface area contributed by atoms with E-state index in [1.165, 1.54) is 0 Å². The Morgan fingerprint density at radius 2 is 1.81 bits per heavy atom. The average molecular weight is 653 g/mol. The van der Waals surface area contributed by atoms with Gasteiger partial charge in [-0.1, -0.05) is 24.3 Å². The second-order valence-corrected chi connectivity index (χ2v) is 12.6. The molecule has 13 nitrogen and oxygen atoms in total. The highest BCUT2D eigenvalue weighted by molar-refractivity contribution is 5.90. The topological polar surface area (TPSA) is 180 Å². The fraction of sp³-hybridized carbons (Fsp3) is 0.529. The van der Waals surface area contributed by atoms with Crippen molar-refractivity contribution >= 4 is 11.9 Å². The van der Waals surface area contributed by atoms with Crippen LogP contribution in [-0.4, -0.2) is 89.0 Å². The summed E-state index contributed by atoms with van der Waals surface area (Å²) in [6.07, 6.45) is -3.44. The van der Waals surface area contributed by atoms with E-state index in [4.69, 9.17) is 38.3 Å². The number of aliphatic carboxylic acids is 1. The first-order valence-corrected chi connectivity index (χ1v) is 15.6. The molecule has 1 saturated carbocycles. The minimum absolute atomic E-state index is 0.141. The van der Waals surface area contributed by atoms with Crippen molar-refractivity contribution in [3.8, 4) is 40.6 Å². The van der Waals surface area contributed by atoms with Crippen LogP contribution >= 0.6 is 0 Å². The molecule has 1 spiro atoms. The highest BCUT2D eigenvalue weighted by atomic mass is 16.7. The Morgan fingerprint density at radius 1 is 1.02 bits per heavy atom. The van der Waals surface area contributed by atoms with Gasteiger partial charge in [-0.3, -0.25) is 9.59 Å². The van der Waals surface area contributed by atoms with Crippen molar-refractivity contribution in [3.05, 3.63) is 41.0 Å². The Morgan fingerprint density at radius 3 is 2.53 bits per heavy atom. The van der Waals surface area contributed by atoms with Gasteiger partial charge in [-0.2, -0.15) is 0 Å². The molecule has 0 radical (unpaired) electrons. The van der Waals surface area contributed by atoms with E-state index < -0.39 is 66.9 Å². The monoisotopic (exact) mass is 652 g/mol. The summed E-state index contributed by atoms with van der Waals surface area (Å²) in [4.78, 5) is 22.8. The van der Waals surface area contributed by atoms with Crippen LogP contribution < -0.4 is 23.7 Å². The highest BCUT2D eigenvalue weighted by Gasteiger charge is 2.58. The normalized spacial score (nSPS) is 30.8. The number of rotatable bonds is 6. The molecule has 2 bridgehead atoms. The zero-order valence-corrected chi connectivity index (χ0v) is 25.9. The molecule has 6 aliphatic rings. The lowest BCUT2D eigenvalue weighted by molar-refractivity contribution is -0.312. The number of aliphatic hydroxyl groups is 3. The molecule has 0 aromatic heterocycles. The van der Waals surface area contributed by atoms with Crippen LogP contribution in [0.5, 0.6) is 28.7 Å². The summed E-state index contributed by atoms with van der Waals surface area (Å²) in [5.41, 5.74) is -0.613. The summed E-state index contributed by atoms with van der Waals surface area (Å²) < 4.78 is 42.0. The van der Waals surface area contributed by atoms with Crippen molar-refractivity contribution in [1.82, 2.24) is 0 Å². The van der Waals surface area contributed by atoms with Crippen molar-refractivity contribution in [2.24, 2.45) is 0 Å². The van der Waals surface area contributed by atoms with Crippen LogP contribution in [0.25, 0.3) is 0 Å². The van der Waals surface area contributed by atoms with Crippen molar-refractivity contribution in [3.63, 3.8) is 0 Å². The summed E-state index contributed by atoms with van der Waals surface area (Å²) in [6, 6.07) is 7.38. The number of ether oxygens (including phenoxy) is 7. The molecule has 7 atom stereocenters. The fourth-order valence-electron chi connectivity index (χ4n) is 7.61. The van der Waals surface area contributed by atoms with Gasteiger partial charge in [0.25, 0.3) is 0 Å². The van der Waals surface area contributed by atoms with Crippen LogP contribution in [0.15, 0.2) is 24.3 Å². The van der Waals surface area contributed by atoms with E-state index >= 15 is 0 Å². The maximum atomic E-state index is 11.9. The van der Waals surface area contributed by atoms with Crippen LogP contribution in [0.1, 0.15) is 73.7 Å². The number of methoxy groups -OCH3 is 2. The van der Waals surface area contributed by atoms with Crippen molar-refractivity contribution in [1.29, 1.82) is 0 Å². The van der Waals surface area contributed by atoms with E-state index in [2.05, 4.69) is 11.8 Å². The van der Waals surface area contributed by atoms with E-state index in [1.807, 2.05) is 18.2 Å². The molecule has 2 fully saturated rings. The smallest absolute Gasteiger partial charge is 0.317 e. The Labute approximate surface area is 270 Å². The second kappa shape index (κ2) is 11.8. The number of aliphatic hydroxyl groups excluding tert-OH is 2. The highest BCUT2D eigenvalue weighted by Crippen LogP contribution is 2.63. The molecular formula is C34H36O13. The lowest BCUT2D eigenvalue weighted by Gasteiger charge is -2.48. The second-order valence-electron chi connectivity index (χ2n) is 12.6. The maximum Gasteiger partial charge on any atom is 0.317 e. The van der Waals surface area contributed by atoms with Gasteiger partial charge in [-0.15, -0.1) is 0 Å². The third-order valence-corrected chi connectivity index (χ3v) is 9.91. The predicted octanol–water partition coefficient (Wildman–Crippen LogP) is 2.35. The number of benzene rings is 2. The molecule has 5 aliphatic heterocycles. The summed E-state index contributed by atoms with van der Waals surface area (Å²) in [7, 11) is 3.15. The standard InChI is InChI=1S/C34H36O13/c1-41-20-9-8-18-26-28(46-29(18)30(20)42-2)19-13-17-7-6-12-34(40)23(16-43-25(37)15-24(35)36)45-32(27(38)31(34)39)44-21(17)14-22(19)47-33(26)10-4-3-5-11-33/h8-9,13-14,23,26-28,31-32,38-40H,3-5,10-12,15-16H2,1-2H3,(H,35,36). The number of hydrogen-bond acceptors (Lipinski definition) is 12. The fourth-order valence-corrected chi connectivity index (χ4v) is 7.61. The number of fused-ring (bicyclic) bond motifs is 9. The number of carbonyl (C=O) groups is 2. The molecule has 13 heteroatoms. The molecule has 1 aliphatic carbocycles. The van der Waals surface area contributed by atoms with Gasteiger partial charge in [0.15, 0.2) is 11.5 Å². The van der Waals surface area contributed by atoms with E-state index in [0.717, 1.165) is 43.2 Å². The van der Waals surface area contributed by atoms with Gasteiger partial charge in [-0.05, 0) is 37.8 Å². The summed E-state index contributed by atoms with van der Waals surface area (Å²) >= 11 is 0.